The number of nitro benzene ring substituents is 1. The molecule has 1 aromatic heterocycles. The Bertz CT molecular complexity index is 582. The highest BCUT2D eigenvalue weighted by molar-refractivity contribution is 9.10. The number of benzene rings is 1. The van der Waals surface area contributed by atoms with Crippen molar-refractivity contribution in [1.82, 2.24) is 0 Å². The fourth-order valence-corrected chi connectivity index (χ4v) is 2.90. The van der Waals surface area contributed by atoms with Gasteiger partial charge >= 0.3 is 0 Å². The molecule has 0 bridgehead atoms. The van der Waals surface area contributed by atoms with Crippen LogP contribution in [0.2, 0.25) is 0 Å². The van der Waals surface area contributed by atoms with Crippen molar-refractivity contribution in [2.75, 3.05) is 0 Å². The summed E-state index contributed by atoms with van der Waals surface area (Å²) in [6.07, 6.45) is 0. The van der Waals surface area contributed by atoms with Gasteiger partial charge in [-0.2, -0.15) is 0 Å². The molecule has 0 radical (unpaired) electrons. The van der Waals surface area contributed by atoms with Crippen LogP contribution in [-0.2, 0) is 6.61 Å². The number of hydrogen-bond acceptors (Lipinski definition) is 4. The lowest BCUT2D eigenvalue weighted by molar-refractivity contribution is -0.385. The van der Waals surface area contributed by atoms with Gasteiger partial charge in [-0.3, -0.25) is 10.1 Å². The van der Waals surface area contributed by atoms with Crippen molar-refractivity contribution in [3.05, 3.63) is 54.7 Å². The van der Waals surface area contributed by atoms with Crippen LogP contribution in [0.15, 0.2) is 34.1 Å². The third-order valence-corrected chi connectivity index (χ3v) is 4.12. The minimum absolute atomic E-state index is 0.0832. The Morgan fingerprint density at radius 3 is 2.89 bits per heavy atom. The molecule has 0 unspecified atom stereocenters. The van der Waals surface area contributed by atoms with E-state index in [0.717, 1.165) is 9.35 Å². The molecule has 0 N–H and O–H groups in total. The highest BCUT2D eigenvalue weighted by Gasteiger charge is 2.14. The largest absolute Gasteiger partial charge is 0.488 e. The number of hydrogen-bond donors (Lipinski definition) is 0. The van der Waals surface area contributed by atoms with Crippen LogP contribution < -0.4 is 4.74 Å². The van der Waals surface area contributed by atoms with Crippen LogP contribution >= 0.6 is 27.3 Å². The van der Waals surface area contributed by atoms with Crippen molar-refractivity contribution in [2.45, 2.75) is 13.5 Å². The van der Waals surface area contributed by atoms with Crippen LogP contribution in [0, 0.1) is 17.0 Å². The molecule has 0 aliphatic rings. The molecule has 2 rings (SSSR count). The van der Waals surface area contributed by atoms with E-state index < -0.39 is 4.92 Å². The summed E-state index contributed by atoms with van der Waals surface area (Å²) in [6, 6.07) is 6.82. The van der Waals surface area contributed by atoms with Gasteiger partial charge in [0.25, 0.3) is 5.69 Å². The predicted octanol–water partition coefficient (Wildman–Crippen LogP) is 4.31. The van der Waals surface area contributed by atoms with Gasteiger partial charge in [0.1, 0.15) is 12.4 Å². The number of nitrogens with zero attached hydrogens (tertiary/aromatic N) is 1. The molecule has 6 heteroatoms. The van der Waals surface area contributed by atoms with Gasteiger partial charge in [-0.15, -0.1) is 11.3 Å². The summed E-state index contributed by atoms with van der Waals surface area (Å²) in [5.74, 6) is 0.550. The number of halogens is 1. The smallest absolute Gasteiger partial charge is 0.276 e. The molecule has 4 nitrogen and oxygen atoms in total. The Morgan fingerprint density at radius 1 is 1.50 bits per heavy atom. The molecule has 94 valence electrons. The average molecular weight is 328 g/mol. The van der Waals surface area contributed by atoms with E-state index in [1.165, 1.54) is 6.07 Å². The van der Waals surface area contributed by atoms with Gasteiger partial charge in [-0.05, 0) is 35.0 Å². The van der Waals surface area contributed by atoms with Crippen LogP contribution in [0.5, 0.6) is 5.75 Å². The molecule has 2 aromatic rings. The van der Waals surface area contributed by atoms with Crippen LogP contribution in [0.4, 0.5) is 5.69 Å². The Balaban J connectivity index is 2.14. The summed E-state index contributed by atoms with van der Waals surface area (Å²) < 4.78 is 6.63. The molecular formula is C12H10BrNO3S. The first-order valence-corrected chi connectivity index (χ1v) is 6.85. The van der Waals surface area contributed by atoms with Gasteiger partial charge in [-0.25, -0.2) is 0 Å². The van der Waals surface area contributed by atoms with Gasteiger partial charge in [0.05, 0.1) is 10.5 Å². The molecule has 0 saturated carbocycles. The predicted molar refractivity (Wildman–Crippen MR) is 74.2 cm³/mol. The van der Waals surface area contributed by atoms with Crippen LogP contribution in [0.3, 0.4) is 0 Å². The highest BCUT2D eigenvalue weighted by atomic mass is 79.9. The number of nitro groups is 1. The third-order valence-electron chi connectivity index (χ3n) is 2.44. The Morgan fingerprint density at radius 2 is 2.28 bits per heavy atom. The second-order valence-electron chi connectivity index (χ2n) is 3.68. The van der Waals surface area contributed by atoms with E-state index in [1.807, 2.05) is 11.4 Å². The molecule has 1 heterocycles. The zero-order valence-electron chi connectivity index (χ0n) is 9.55. The molecule has 0 fully saturated rings. The molecule has 0 atom stereocenters. The number of rotatable bonds is 4. The molecule has 1 aromatic carbocycles. The Labute approximate surface area is 116 Å². The van der Waals surface area contributed by atoms with E-state index in [4.69, 9.17) is 4.74 Å². The average Bonchev–Trinajstić information content (AvgIpc) is 2.73. The lowest BCUT2D eigenvalue weighted by atomic mass is 10.2. The number of thiophene rings is 1. The lowest BCUT2D eigenvalue weighted by Gasteiger charge is -2.07. The maximum Gasteiger partial charge on any atom is 0.276 e. The highest BCUT2D eigenvalue weighted by Crippen LogP contribution is 2.28. The van der Waals surface area contributed by atoms with Gasteiger partial charge in [0.2, 0.25) is 0 Å². The molecular weight excluding hydrogens is 318 g/mol. The fraction of sp³-hybridized carbons (Fsp3) is 0.167. The monoisotopic (exact) mass is 327 g/mol. The minimum Gasteiger partial charge on any atom is -0.488 e. The minimum atomic E-state index is -0.399. The van der Waals surface area contributed by atoms with Crippen LogP contribution in [-0.4, -0.2) is 4.92 Å². The van der Waals surface area contributed by atoms with Gasteiger partial charge in [0.15, 0.2) is 0 Å². The first-order chi connectivity index (χ1) is 8.58. The maximum atomic E-state index is 10.8. The Hall–Kier alpha value is -1.40. The summed E-state index contributed by atoms with van der Waals surface area (Å²) in [4.78, 5) is 11.5. The summed E-state index contributed by atoms with van der Waals surface area (Å²) in [7, 11) is 0. The SMILES string of the molecule is Cc1c(OCc2cc(Br)cs2)cccc1[N+](=O)[O-]. The van der Waals surface area contributed by atoms with Crippen molar-refractivity contribution < 1.29 is 9.66 Å². The van der Waals surface area contributed by atoms with E-state index in [9.17, 15) is 10.1 Å². The van der Waals surface area contributed by atoms with Gasteiger partial charge < -0.3 is 4.74 Å². The maximum absolute atomic E-state index is 10.8. The van der Waals surface area contributed by atoms with Crippen molar-refractivity contribution in [2.24, 2.45) is 0 Å². The zero-order valence-corrected chi connectivity index (χ0v) is 12.0. The summed E-state index contributed by atoms with van der Waals surface area (Å²) in [5, 5.41) is 12.8. The Kier molecular flexibility index (Phi) is 3.98. The molecule has 0 spiro atoms. The van der Waals surface area contributed by atoms with Crippen molar-refractivity contribution in [1.29, 1.82) is 0 Å². The molecule has 18 heavy (non-hydrogen) atoms. The summed E-state index contributed by atoms with van der Waals surface area (Å²) >= 11 is 4.95. The third kappa shape index (κ3) is 2.88. The number of ether oxygens (including phenoxy) is 1. The molecule has 0 aliphatic carbocycles. The standard InChI is InChI=1S/C12H10BrNO3S/c1-8-11(14(15)16)3-2-4-12(8)17-6-10-5-9(13)7-18-10/h2-5,7H,6H2,1H3. The summed E-state index contributed by atoms with van der Waals surface area (Å²) in [5.41, 5.74) is 0.637. The normalized spacial score (nSPS) is 10.3. The van der Waals surface area contributed by atoms with E-state index in [2.05, 4.69) is 15.9 Å². The second-order valence-corrected chi connectivity index (χ2v) is 5.59. The quantitative estimate of drug-likeness (QED) is 0.621. The van der Waals surface area contributed by atoms with Gasteiger partial charge in [0, 0.05) is 20.8 Å². The summed E-state index contributed by atoms with van der Waals surface area (Å²) in [6.45, 7) is 2.11. The first-order valence-electron chi connectivity index (χ1n) is 5.17. The van der Waals surface area contributed by atoms with Crippen molar-refractivity contribution in [3.8, 4) is 5.75 Å². The molecule has 0 aliphatic heterocycles. The van der Waals surface area contributed by atoms with Crippen molar-refractivity contribution in [3.63, 3.8) is 0 Å². The van der Waals surface area contributed by atoms with E-state index in [-0.39, 0.29) is 5.69 Å². The topological polar surface area (TPSA) is 52.4 Å². The van der Waals surface area contributed by atoms with E-state index in [1.54, 1.807) is 30.4 Å². The van der Waals surface area contributed by atoms with Crippen molar-refractivity contribution >= 4 is 33.0 Å². The van der Waals surface area contributed by atoms with E-state index >= 15 is 0 Å². The fourth-order valence-electron chi connectivity index (χ4n) is 1.54. The van der Waals surface area contributed by atoms with Crippen LogP contribution in [0.25, 0.3) is 0 Å². The second kappa shape index (κ2) is 5.49. The molecule has 0 amide bonds. The lowest BCUT2D eigenvalue weighted by Crippen LogP contribution is -1.98. The molecule has 0 saturated heterocycles. The van der Waals surface area contributed by atoms with Gasteiger partial charge in [-0.1, -0.05) is 6.07 Å². The van der Waals surface area contributed by atoms with Crippen LogP contribution in [0.1, 0.15) is 10.4 Å². The van der Waals surface area contributed by atoms with E-state index in [0.29, 0.717) is 17.9 Å². The first kappa shape index (κ1) is 13.0. The zero-order chi connectivity index (χ0) is 13.1.